The highest BCUT2D eigenvalue weighted by Gasteiger charge is 2.49. The predicted octanol–water partition coefficient (Wildman–Crippen LogP) is 2.65. The smallest absolute Gasteiger partial charge is 0.316 e. The lowest BCUT2D eigenvalue weighted by Crippen LogP contribution is -2.54. The summed E-state index contributed by atoms with van der Waals surface area (Å²) in [4.78, 5) is 14.1. The van der Waals surface area contributed by atoms with E-state index < -0.39 is 20.1 Å². The Balaban J connectivity index is 2.07. The number of ether oxygens (including phenoxy) is 1. The second-order valence-corrected chi connectivity index (χ2v) is 10.8. The van der Waals surface area contributed by atoms with Crippen LogP contribution >= 0.6 is 22.9 Å². The maximum absolute atomic E-state index is 12.7. The fourth-order valence-electron chi connectivity index (χ4n) is 2.69. The maximum atomic E-state index is 12.7. The van der Waals surface area contributed by atoms with Crippen molar-refractivity contribution >= 4 is 38.6 Å². The fourth-order valence-corrected chi connectivity index (χ4v) is 6.06. The number of rotatable bonds is 3. The molecule has 2 N–H and O–H groups in total. The van der Waals surface area contributed by atoms with Crippen LogP contribution in [0.1, 0.15) is 25.6 Å². The molecule has 0 unspecified atom stereocenters. The number of aromatic nitrogens is 2. The Morgan fingerprint density at radius 1 is 1.27 bits per heavy atom. The Morgan fingerprint density at radius 2 is 1.88 bits per heavy atom. The van der Waals surface area contributed by atoms with Crippen molar-refractivity contribution in [2.45, 2.75) is 31.1 Å². The van der Waals surface area contributed by atoms with Gasteiger partial charge in [-0.1, -0.05) is 11.6 Å². The minimum Gasteiger partial charge on any atom is -0.467 e. The molecule has 0 amide bonds. The summed E-state index contributed by atoms with van der Waals surface area (Å²) < 4.78 is 29.2. The number of methoxy groups -OCH3 is 1. The number of amidine groups is 1. The van der Waals surface area contributed by atoms with E-state index in [1.54, 1.807) is 39.2 Å². The molecular formula is C16H19ClN4O3S2. The molecular weight excluding hydrogens is 396 g/mol. The Bertz CT molecular complexity index is 983. The van der Waals surface area contributed by atoms with E-state index in [0.717, 1.165) is 10.4 Å². The first-order valence-electron chi connectivity index (χ1n) is 7.74. The van der Waals surface area contributed by atoms with Crippen LogP contribution in [-0.2, 0) is 15.4 Å². The van der Waals surface area contributed by atoms with Gasteiger partial charge in [0, 0.05) is 22.8 Å². The third-order valence-electron chi connectivity index (χ3n) is 4.50. The highest BCUT2D eigenvalue weighted by Crippen LogP contribution is 2.45. The first-order valence-corrected chi connectivity index (χ1v) is 10.6. The van der Waals surface area contributed by atoms with Gasteiger partial charge in [-0.2, -0.15) is 0 Å². The van der Waals surface area contributed by atoms with Crippen molar-refractivity contribution in [3.05, 3.63) is 28.4 Å². The van der Waals surface area contributed by atoms with E-state index >= 15 is 0 Å². The molecule has 3 rings (SSSR count). The van der Waals surface area contributed by atoms with Gasteiger partial charge in [0.1, 0.15) is 16.1 Å². The molecule has 0 bridgehead atoms. The summed E-state index contributed by atoms with van der Waals surface area (Å²) in [5.74, 6) is -0.0722. The molecule has 0 aliphatic carbocycles. The van der Waals surface area contributed by atoms with Gasteiger partial charge in [0.15, 0.2) is 9.84 Å². The molecule has 1 aliphatic rings. The van der Waals surface area contributed by atoms with E-state index in [1.807, 2.05) is 0 Å². The number of nitrogens with zero attached hydrogens (tertiary/aromatic N) is 3. The lowest BCUT2D eigenvalue weighted by molar-refractivity contribution is 0.380. The van der Waals surface area contributed by atoms with Gasteiger partial charge >= 0.3 is 6.01 Å². The minimum absolute atomic E-state index is 0.0880. The molecule has 3 heterocycles. The van der Waals surface area contributed by atoms with Gasteiger partial charge in [0.2, 0.25) is 0 Å². The van der Waals surface area contributed by atoms with Crippen molar-refractivity contribution in [3.63, 3.8) is 0 Å². The van der Waals surface area contributed by atoms with Gasteiger partial charge in [-0.05, 0) is 26.8 Å². The molecule has 0 radical (unpaired) electrons. The Morgan fingerprint density at radius 3 is 2.42 bits per heavy atom. The first kappa shape index (κ1) is 19.1. The van der Waals surface area contributed by atoms with Crippen molar-refractivity contribution in [1.82, 2.24) is 9.97 Å². The lowest BCUT2D eigenvalue weighted by atomic mass is 10.0. The normalized spacial score (nSPS) is 24.1. The zero-order valence-corrected chi connectivity index (χ0v) is 17.2. The van der Waals surface area contributed by atoms with Crippen molar-refractivity contribution in [2.24, 2.45) is 10.7 Å². The minimum atomic E-state index is -3.50. The number of nitrogens with two attached hydrogens (primary N) is 1. The monoisotopic (exact) mass is 414 g/mol. The van der Waals surface area contributed by atoms with Gasteiger partial charge in [0.05, 0.1) is 22.8 Å². The van der Waals surface area contributed by atoms with Crippen LogP contribution in [0.2, 0.25) is 5.02 Å². The first-order chi connectivity index (χ1) is 12.0. The van der Waals surface area contributed by atoms with Gasteiger partial charge in [0.25, 0.3) is 0 Å². The van der Waals surface area contributed by atoms with Crippen molar-refractivity contribution in [3.8, 4) is 16.5 Å². The lowest BCUT2D eigenvalue weighted by Gasteiger charge is -2.37. The molecule has 0 fully saturated rings. The molecule has 7 nitrogen and oxygen atoms in total. The van der Waals surface area contributed by atoms with Gasteiger partial charge in [-0.25, -0.2) is 18.4 Å². The second kappa shape index (κ2) is 6.17. The molecule has 2 aromatic rings. The summed E-state index contributed by atoms with van der Waals surface area (Å²) in [7, 11) is -2.01. The number of sulfone groups is 1. The molecule has 0 saturated heterocycles. The quantitative estimate of drug-likeness (QED) is 0.827. The van der Waals surface area contributed by atoms with E-state index in [9.17, 15) is 8.42 Å². The Kier molecular flexibility index (Phi) is 4.53. The molecule has 10 heteroatoms. The van der Waals surface area contributed by atoms with Crippen LogP contribution < -0.4 is 10.5 Å². The Hall–Kier alpha value is -1.71. The summed E-state index contributed by atoms with van der Waals surface area (Å²) in [6, 6.07) is 2.03. The topological polar surface area (TPSA) is 108 Å². The standard InChI is InChI=1S/C16H19ClN4O3S2/c1-15(2)13(18)21-16(3,8-26(15,22)23)12-10(17)5-11(25-12)9-6-19-14(24-4)20-7-9/h5-7H,8H2,1-4H3,(H2,18,21)/t16-/m0/s1. The van der Waals surface area contributed by atoms with Gasteiger partial charge in [-0.3, -0.25) is 4.99 Å². The van der Waals surface area contributed by atoms with Crippen molar-refractivity contribution < 1.29 is 13.2 Å². The SMILES string of the molecule is COc1ncc(-c2cc(Cl)c([C@]3(C)CS(=O)(=O)C(C)(C)C(N)=N3)s2)cn1. The molecule has 1 atom stereocenters. The van der Waals surface area contributed by atoms with Crippen LogP contribution in [0.4, 0.5) is 0 Å². The van der Waals surface area contributed by atoms with Crippen LogP contribution in [0, 0.1) is 0 Å². The second-order valence-electron chi connectivity index (χ2n) is 6.79. The summed E-state index contributed by atoms with van der Waals surface area (Å²) in [6.07, 6.45) is 3.25. The van der Waals surface area contributed by atoms with Crippen LogP contribution in [0.5, 0.6) is 6.01 Å². The van der Waals surface area contributed by atoms with E-state index in [-0.39, 0.29) is 17.6 Å². The van der Waals surface area contributed by atoms with E-state index in [1.165, 1.54) is 18.4 Å². The number of hydrogen-bond donors (Lipinski definition) is 1. The third-order valence-corrected chi connectivity index (χ3v) is 9.06. The average molecular weight is 415 g/mol. The number of halogens is 1. The van der Waals surface area contributed by atoms with Gasteiger partial charge in [-0.15, -0.1) is 11.3 Å². The highest BCUT2D eigenvalue weighted by molar-refractivity contribution is 7.93. The van der Waals surface area contributed by atoms with E-state index in [0.29, 0.717) is 9.90 Å². The van der Waals surface area contributed by atoms with Crippen LogP contribution in [0.25, 0.3) is 10.4 Å². The third kappa shape index (κ3) is 2.97. The largest absolute Gasteiger partial charge is 0.467 e. The number of hydrogen-bond acceptors (Lipinski definition) is 8. The van der Waals surface area contributed by atoms with Crippen LogP contribution in [-0.4, -0.2) is 41.8 Å². The molecule has 140 valence electrons. The molecule has 2 aromatic heterocycles. The van der Waals surface area contributed by atoms with E-state index in [2.05, 4.69) is 15.0 Å². The van der Waals surface area contributed by atoms with Crippen molar-refractivity contribution in [2.75, 3.05) is 12.9 Å². The fraction of sp³-hybridized carbons (Fsp3) is 0.438. The molecule has 0 aromatic carbocycles. The van der Waals surface area contributed by atoms with E-state index in [4.69, 9.17) is 22.1 Å². The summed E-state index contributed by atoms with van der Waals surface area (Å²) in [5, 5.41) is 0.440. The summed E-state index contributed by atoms with van der Waals surface area (Å²) >= 11 is 7.78. The van der Waals surface area contributed by atoms with Crippen molar-refractivity contribution in [1.29, 1.82) is 0 Å². The Labute approximate surface area is 161 Å². The average Bonchev–Trinajstić information content (AvgIpc) is 2.95. The number of aliphatic imine (C=N–C) groups is 1. The highest BCUT2D eigenvalue weighted by atomic mass is 35.5. The zero-order valence-electron chi connectivity index (χ0n) is 14.8. The molecule has 1 aliphatic heterocycles. The zero-order chi connectivity index (χ0) is 19.3. The van der Waals surface area contributed by atoms with Gasteiger partial charge < -0.3 is 10.5 Å². The summed E-state index contributed by atoms with van der Waals surface area (Å²) in [6.45, 7) is 4.87. The molecule has 0 saturated carbocycles. The van der Waals surface area contributed by atoms with Crippen LogP contribution in [0.15, 0.2) is 23.5 Å². The van der Waals surface area contributed by atoms with Crippen LogP contribution in [0.3, 0.4) is 0 Å². The molecule has 26 heavy (non-hydrogen) atoms. The summed E-state index contributed by atoms with van der Waals surface area (Å²) in [5.41, 5.74) is 5.72. The predicted molar refractivity (Wildman–Crippen MR) is 104 cm³/mol. The maximum Gasteiger partial charge on any atom is 0.316 e. The molecule has 0 spiro atoms. The number of thiophene rings is 1.